The molecule has 25 heavy (non-hydrogen) atoms. The van der Waals surface area contributed by atoms with Crippen LogP contribution in [0.2, 0.25) is 0 Å². The number of azide groups is 1. The molecule has 0 saturated carbocycles. The molecule has 0 radical (unpaired) electrons. The Bertz CT molecular complexity index is 846. The molecule has 132 valence electrons. The Morgan fingerprint density at radius 1 is 1.36 bits per heavy atom. The molecular weight excluding hydrogens is 328 g/mol. The van der Waals surface area contributed by atoms with E-state index >= 15 is 0 Å². The molecule has 2 aliphatic heterocycles. The molecule has 3 unspecified atom stereocenters. The van der Waals surface area contributed by atoms with E-state index in [2.05, 4.69) is 25.0 Å². The lowest BCUT2D eigenvalue weighted by Crippen LogP contribution is -2.47. The molecule has 4 atom stereocenters. The van der Waals surface area contributed by atoms with E-state index in [0.717, 1.165) is 0 Å². The number of hydrogen-bond donors (Lipinski definition) is 1. The minimum absolute atomic E-state index is 0.0894. The molecule has 0 amide bonds. The van der Waals surface area contributed by atoms with Gasteiger partial charge in [-0.25, -0.2) is 15.0 Å². The van der Waals surface area contributed by atoms with Crippen molar-refractivity contribution in [2.75, 3.05) is 18.9 Å². The molecule has 11 heteroatoms. The SMILES string of the molecule is CC1(C)OC2C(O1)[C@H](CN=[N+]=[N-])COC2n1cnc2c(N)ncnc21. The van der Waals surface area contributed by atoms with Crippen molar-refractivity contribution < 1.29 is 14.2 Å². The first-order chi connectivity index (χ1) is 12.0. The highest BCUT2D eigenvalue weighted by Crippen LogP contribution is 2.42. The van der Waals surface area contributed by atoms with Crippen molar-refractivity contribution in [3.8, 4) is 0 Å². The second-order valence-corrected chi connectivity index (χ2v) is 6.55. The summed E-state index contributed by atoms with van der Waals surface area (Å²) in [5, 5.41) is 3.66. The van der Waals surface area contributed by atoms with E-state index < -0.39 is 18.1 Å². The lowest BCUT2D eigenvalue weighted by atomic mass is 9.95. The molecule has 2 saturated heterocycles. The van der Waals surface area contributed by atoms with Crippen LogP contribution in [0.25, 0.3) is 21.6 Å². The third kappa shape index (κ3) is 2.67. The number of nitrogens with two attached hydrogens (primary N) is 1. The molecule has 0 bridgehead atoms. The van der Waals surface area contributed by atoms with Gasteiger partial charge in [0.2, 0.25) is 0 Å². The fraction of sp³-hybridized carbons (Fsp3) is 0.643. The highest BCUT2D eigenvalue weighted by Gasteiger charge is 2.52. The monoisotopic (exact) mass is 346 g/mol. The van der Waals surface area contributed by atoms with E-state index in [1.807, 2.05) is 13.8 Å². The molecule has 0 spiro atoms. The van der Waals surface area contributed by atoms with Gasteiger partial charge in [-0.1, -0.05) is 5.11 Å². The van der Waals surface area contributed by atoms with E-state index in [0.29, 0.717) is 23.6 Å². The molecule has 2 aliphatic rings. The zero-order chi connectivity index (χ0) is 17.6. The van der Waals surface area contributed by atoms with Crippen molar-refractivity contribution in [3.63, 3.8) is 0 Å². The van der Waals surface area contributed by atoms with Crippen LogP contribution in [0.3, 0.4) is 0 Å². The maximum absolute atomic E-state index is 8.59. The number of hydrogen-bond acceptors (Lipinski definition) is 8. The number of aromatic nitrogens is 4. The van der Waals surface area contributed by atoms with E-state index in [1.54, 1.807) is 10.9 Å². The maximum Gasteiger partial charge on any atom is 0.167 e. The average molecular weight is 346 g/mol. The number of rotatable bonds is 3. The smallest absolute Gasteiger partial charge is 0.167 e. The molecular formula is C14H18N8O3. The first kappa shape index (κ1) is 16.0. The normalized spacial score (nSPS) is 30.8. The summed E-state index contributed by atoms with van der Waals surface area (Å²) in [6.45, 7) is 4.34. The summed E-state index contributed by atoms with van der Waals surface area (Å²) in [5.74, 6) is -0.546. The predicted molar refractivity (Wildman–Crippen MR) is 86.1 cm³/mol. The van der Waals surface area contributed by atoms with E-state index in [1.165, 1.54) is 6.33 Å². The maximum atomic E-state index is 8.59. The van der Waals surface area contributed by atoms with Crippen molar-refractivity contribution >= 4 is 17.0 Å². The van der Waals surface area contributed by atoms with Crippen LogP contribution in [0, 0.1) is 5.92 Å². The zero-order valence-electron chi connectivity index (χ0n) is 13.8. The summed E-state index contributed by atoms with van der Waals surface area (Å²) in [6.07, 6.45) is 1.86. The van der Waals surface area contributed by atoms with E-state index in [-0.39, 0.29) is 18.6 Å². The molecule has 0 aliphatic carbocycles. The van der Waals surface area contributed by atoms with Gasteiger partial charge in [0.1, 0.15) is 17.9 Å². The quantitative estimate of drug-likeness (QED) is 0.501. The number of imidazole rings is 1. The van der Waals surface area contributed by atoms with Gasteiger partial charge in [-0.3, -0.25) is 4.57 Å². The fourth-order valence-electron chi connectivity index (χ4n) is 3.41. The minimum Gasteiger partial charge on any atom is -0.382 e. The molecule has 4 heterocycles. The molecule has 2 fully saturated rings. The van der Waals surface area contributed by atoms with Gasteiger partial charge in [0.05, 0.1) is 19.0 Å². The summed E-state index contributed by atoms with van der Waals surface area (Å²) >= 11 is 0. The van der Waals surface area contributed by atoms with Gasteiger partial charge >= 0.3 is 0 Å². The van der Waals surface area contributed by atoms with Crippen molar-refractivity contribution in [2.24, 2.45) is 11.0 Å². The Labute approximate surface area is 142 Å². The number of anilines is 1. The Morgan fingerprint density at radius 3 is 2.96 bits per heavy atom. The largest absolute Gasteiger partial charge is 0.382 e. The summed E-state index contributed by atoms with van der Waals surface area (Å²) < 4.78 is 19.9. The number of nitrogen functional groups attached to an aromatic ring is 1. The average Bonchev–Trinajstić information content (AvgIpc) is 3.13. The summed E-state index contributed by atoms with van der Waals surface area (Å²) in [5.41, 5.74) is 15.5. The van der Waals surface area contributed by atoms with Crippen molar-refractivity contribution in [1.82, 2.24) is 19.5 Å². The first-order valence-electron chi connectivity index (χ1n) is 7.91. The van der Waals surface area contributed by atoms with Gasteiger partial charge in [-0.15, -0.1) is 0 Å². The van der Waals surface area contributed by atoms with Gasteiger partial charge in [0.15, 0.2) is 23.5 Å². The highest BCUT2D eigenvalue weighted by atomic mass is 16.8. The molecule has 2 N–H and O–H groups in total. The van der Waals surface area contributed by atoms with Gasteiger partial charge < -0.3 is 19.9 Å². The predicted octanol–water partition coefficient (Wildman–Crippen LogP) is 1.38. The Balaban J connectivity index is 1.71. The second-order valence-electron chi connectivity index (χ2n) is 6.55. The highest BCUT2D eigenvalue weighted by molar-refractivity contribution is 5.81. The second kappa shape index (κ2) is 5.81. The Hall–Kier alpha value is -2.46. The van der Waals surface area contributed by atoms with E-state index in [4.69, 9.17) is 25.5 Å². The van der Waals surface area contributed by atoms with Crippen LogP contribution >= 0.6 is 0 Å². The van der Waals surface area contributed by atoms with Gasteiger partial charge in [-0.2, -0.15) is 0 Å². The van der Waals surface area contributed by atoms with Crippen LogP contribution in [-0.2, 0) is 14.2 Å². The first-order valence-corrected chi connectivity index (χ1v) is 7.91. The summed E-state index contributed by atoms with van der Waals surface area (Å²) in [4.78, 5) is 15.3. The lowest BCUT2D eigenvalue weighted by Gasteiger charge is -2.36. The van der Waals surface area contributed by atoms with E-state index in [9.17, 15) is 0 Å². The molecule has 11 nitrogen and oxygen atoms in total. The van der Waals surface area contributed by atoms with Crippen LogP contribution in [0.1, 0.15) is 20.1 Å². The van der Waals surface area contributed by atoms with Crippen LogP contribution in [0.15, 0.2) is 17.8 Å². The number of fused-ring (bicyclic) bond motifs is 2. The Kier molecular flexibility index (Phi) is 3.73. The fourth-order valence-corrected chi connectivity index (χ4v) is 3.41. The Morgan fingerprint density at radius 2 is 2.16 bits per heavy atom. The number of nitrogens with zero attached hydrogens (tertiary/aromatic N) is 7. The van der Waals surface area contributed by atoms with Gasteiger partial charge in [0, 0.05) is 17.4 Å². The summed E-state index contributed by atoms with van der Waals surface area (Å²) in [6, 6.07) is 0. The third-order valence-electron chi connectivity index (χ3n) is 4.43. The van der Waals surface area contributed by atoms with Crippen LogP contribution in [0.4, 0.5) is 5.82 Å². The minimum atomic E-state index is -0.764. The van der Waals surface area contributed by atoms with Gasteiger partial charge in [0.25, 0.3) is 0 Å². The van der Waals surface area contributed by atoms with Crippen molar-refractivity contribution in [1.29, 1.82) is 0 Å². The van der Waals surface area contributed by atoms with Crippen LogP contribution in [0.5, 0.6) is 0 Å². The number of ether oxygens (including phenoxy) is 3. The van der Waals surface area contributed by atoms with Crippen molar-refractivity contribution in [2.45, 2.75) is 38.1 Å². The van der Waals surface area contributed by atoms with Crippen LogP contribution < -0.4 is 5.73 Å². The third-order valence-corrected chi connectivity index (χ3v) is 4.43. The zero-order valence-corrected chi connectivity index (χ0v) is 13.8. The molecule has 2 aromatic heterocycles. The standard InChI is InChI=1S/C14H18N8O3/c1-14(2)24-9-7(3-20-21-16)4-23-13(10(9)25-14)22-6-19-8-11(15)17-5-18-12(8)22/h5-7,9-10,13H,3-4H2,1-2H3,(H2,15,17,18)/t7-,9?,10?,13?/m1/s1. The molecule has 2 aromatic rings. The molecule has 0 aromatic carbocycles. The topological polar surface area (TPSA) is 146 Å². The summed E-state index contributed by atoms with van der Waals surface area (Å²) in [7, 11) is 0. The van der Waals surface area contributed by atoms with Gasteiger partial charge in [-0.05, 0) is 19.4 Å². The van der Waals surface area contributed by atoms with Crippen molar-refractivity contribution in [3.05, 3.63) is 23.1 Å². The lowest BCUT2D eigenvalue weighted by molar-refractivity contribution is -0.166. The van der Waals surface area contributed by atoms with Crippen LogP contribution in [-0.4, -0.2) is 50.7 Å². The molecule has 4 rings (SSSR count).